The number of aliphatic hydroxyl groups excluding tert-OH is 1. The summed E-state index contributed by atoms with van der Waals surface area (Å²) in [5.74, 6) is 1.34. The van der Waals surface area contributed by atoms with Gasteiger partial charge in [-0.1, -0.05) is 24.0 Å². The number of hydrogen-bond donors (Lipinski definition) is 5. The molecule has 8 rings (SSSR count). The Balaban J connectivity index is 1.08. The van der Waals surface area contributed by atoms with E-state index in [9.17, 15) is 50.6 Å². The van der Waals surface area contributed by atoms with Crippen LogP contribution in [0.5, 0.6) is 0 Å². The molecule has 0 saturated carbocycles. The number of pyridine rings is 1. The maximum atomic E-state index is 16.3. The lowest BCUT2D eigenvalue weighted by atomic mass is 9.82. The first-order valence-electron chi connectivity index (χ1n) is 26.8. The number of aliphatic hydroxyl groups is 1. The van der Waals surface area contributed by atoms with Gasteiger partial charge >= 0.3 is 24.5 Å². The molecule has 2 aromatic carbocycles. The monoisotopic (exact) mass is 1170 g/mol. The normalized spacial score (nSPS) is 20.1. The zero-order valence-corrected chi connectivity index (χ0v) is 46.4. The number of fused-ring (bicyclic) bond motifs is 2. The SMILES string of the molecule is COC(=O)N[C@H](C(=O)N[C@@H](Cc1ccc(C#Cc2ccc(N3CC4CCC(C3)N4C3COC3)nc2)cc1)[C@@H](O)CN(Cc1c(F)cc(-c2ccn([C@@H]3CCOC3)n2)cc1F)NC(=O)[C@@H](NC(=O)OC)C(C)(C)C(F)(F)F)C(C)(C)C(F)(F)F. The maximum absolute atomic E-state index is 16.3. The Kier molecular flexibility index (Phi) is 18.9. The van der Waals surface area contributed by atoms with E-state index in [2.05, 4.69) is 47.0 Å². The number of carbonyl (C=O) groups excluding carboxylic acids is 4. The molecule has 2 unspecified atom stereocenters. The molecule has 6 heterocycles. The van der Waals surface area contributed by atoms with E-state index in [4.69, 9.17) is 14.5 Å². The van der Waals surface area contributed by atoms with Crippen LogP contribution in [0.1, 0.15) is 75.3 Å². The van der Waals surface area contributed by atoms with Gasteiger partial charge in [-0.05, 0) is 101 Å². The van der Waals surface area contributed by atoms with E-state index in [1.165, 1.54) is 18.2 Å². The minimum absolute atomic E-state index is 0.0272. The third-order valence-corrected chi connectivity index (χ3v) is 15.9. The van der Waals surface area contributed by atoms with Crippen LogP contribution >= 0.6 is 0 Å². The first-order valence-corrected chi connectivity index (χ1v) is 26.8. The minimum atomic E-state index is -5.19. The average molecular weight is 1180 g/mol. The molecule has 0 spiro atoms. The van der Waals surface area contributed by atoms with Crippen molar-refractivity contribution in [2.45, 2.75) is 121 Å². The molecule has 4 fully saturated rings. The van der Waals surface area contributed by atoms with Gasteiger partial charge in [0.2, 0.25) is 5.91 Å². The molecule has 4 aromatic rings. The van der Waals surface area contributed by atoms with Crippen LogP contribution in [0.25, 0.3) is 11.3 Å². The fourth-order valence-electron chi connectivity index (χ4n) is 10.5. The number of hydrogen-bond acceptors (Lipinski definition) is 14. The van der Waals surface area contributed by atoms with Gasteiger partial charge in [0.1, 0.15) is 29.5 Å². The number of rotatable bonds is 19. The van der Waals surface area contributed by atoms with E-state index in [1.54, 1.807) is 29.2 Å². The molecular formula is C56H66F8N10O9. The minimum Gasteiger partial charge on any atom is -0.453 e. The maximum Gasteiger partial charge on any atom is 0.407 e. The first-order chi connectivity index (χ1) is 39.2. The Morgan fingerprint density at radius 3 is 1.83 bits per heavy atom. The van der Waals surface area contributed by atoms with Gasteiger partial charge in [0.15, 0.2) is 0 Å². The van der Waals surface area contributed by atoms with Crippen molar-refractivity contribution in [1.82, 2.24) is 46.0 Å². The van der Waals surface area contributed by atoms with Crippen molar-refractivity contribution in [1.29, 1.82) is 0 Å². The Labute approximate surface area is 473 Å². The summed E-state index contributed by atoms with van der Waals surface area (Å²) in [6, 6.07) is 7.87. The molecule has 0 aliphatic carbocycles. The summed E-state index contributed by atoms with van der Waals surface area (Å²) >= 11 is 0. The van der Waals surface area contributed by atoms with Crippen molar-refractivity contribution in [3.63, 3.8) is 0 Å². The van der Waals surface area contributed by atoms with Crippen LogP contribution in [-0.4, -0.2) is 169 Å². The van der Waals surface area contributed by atoms with E-state index in [0.29, 0.717) is 87.2 Å². The first kappa shape index (κ1) is 61.9. The van der Waals surface area contributed by atoms with Crippen LogP contribution in [0.4, 0.5) is 50.5 Å². The Hall–Kier alpha value is -7.12. The fraction of sp³-hybridized carbons (Fsp3) is 0.536. The van der Waals surface area contributed by atoms with E-state index >= 15 is 8.78 Å². The van der Waals surface area contributed by atoms with Crippen molar-refractivity contribution in [3.8, 4) is 23.1 Å². The zero-order valence-electron chi connectivity index (χ0n) is 46.4. The topological polar surface area (TPSA) is 214 Å². The number of aromatic nitrogens is 3. The molecule has 83 heavy (non-hydrogen) atoms. The molecule has 19 nitrogen and oxygen atoms in total. The van der Waals surface area contributed by atoms with Gasteiger partial charge in [-0.25, -0.2) is 28.4 Å². The number of anilines is 1. The third kappa shape index (κ3) is 14.3. The van der Waals surface area contributed by atoms with Crippen LogP contribution < -0.4 is 26.3 Å². The van der Waals surface area contributed by atoms with Crippen molar-refractivity contribution in [3.05, 3.63) is 101 Å². The lowest BCUT2D eigenvalue weighted by Crippen LogP contribution is -2.63. The molecule has 0 radical (unpaired) electrons. The molecule has 450 valence electrons. The molecule has 4 amide bonds. The van der Waals surface area contributed by atoms with Gasteiger partial charge in [0, 0.05) is 79.5 Å². The van der Waals surface area contributed by atoms with Gasteiger partial charge in [-0.15, -0.1) is 0 Å². The summed E-state index contributed by atoms with van der Waals surface area (Å²) < 4.78 is 142. The number of alkyl halides is 6. The van der Waals surface area contributed by atoms with E-state index < -0.39 is 108 Å². The van der Waals surface area contributed by atoms with Gasteiger partial charge < -0.3 is 44.9 Å². The van der Waals surface area contributed by atoms with Crippen LogP contribution in [0.3, 0.4) is 0 Å². The molecule has 4 aliphatic heterocycles. The second kappa shape index (κ2) is 25.4. The number of halogens is 8. The van der Waals surface area contributed by atoms with Crippen molar-refractivity contribution in [2.24, 2.45) is 10.8 Å². The Morgan fingerprint density at radius 1 is 0.747 bits per heavy atom. The quantitative estimate of drug-likeness (QED) is 0.0403. The highest BCUT2D eigenvalue weighted by atomic mass is 19.4. The Morgan fingerprint density at radius 2 is 1.31 bits per heavy atom. The fourth-order valence-corrected chi connectivity index (χ4v) is 10.5. The highest BCUT2D eigenvalue weighted by molar-refractivity contribution is 5.87. The summed E-state index contributed by atoms with van der Waals surface area (Å²) in [6.07, 6.45) is -9.61. The van der Waals surface area contributed by atoms with E-state index in [0.717, 1.165) is 71.3 Å². The number of nitrogens with zero attached hydrogens (tertiary/aromatic N) is 6. The molecule has 7 atom stereocenters. The van der Waals surface area contributed by atoms with Gasteiger partial charge in [-0.3, -0.25) is 24.6 Å². The van der Waals surface area contributed by atoms with Crippen LogP contribution in [0.2, 0.25) is 0 Å². The predicted molar refractivity (Wildman–Crippen MR) is 283 cm³/mol. The molecular weight excluding hydrogens is 1110 g/mol. The van der Waals surface area contributed by atoms with Gasteiger partial charge in [-0.2, -0.15) is 31.4 Å². The number of methoxy groups -OCH3 is 2. The number of benzene rings is 2. The van der Waals surface area contributed by atoms with Crippen LogP contribution in [0.15, 0.2) is 67.0 Å². The molecule has 2 aromatic heterocycles. The molecule has 2 bridgehead atoms. The van der Waals surface area contributed by atoms with Gasteiger partial charge in [0.25, 0.3) is 5.91 Å². The second-order valence-electron chi connectivity index (χ2n) is 22.2. The lowest BCUT2D eigenvalue weighted by molar-refractivity contribution is -0.221. The summed E-state index contributed by atoms with van der Waals surface area (Å²) in [6.45, 7) is 4.42. The molecule has 27 heteroatoms. The second-order valence-corrected chi connectivity index (χ2v) is 22.2. The smallest absolute Gasteiger partial charge is 0.407 e. The standard InChI is InChI=1S/C56H66F8N10O9/c1-53(2,55(59,60)61)47(67-51(78)80-5)49(76)66-44(21-33-10-7-32(8-11-33)9-12-34-13-16-46(65-24-34)71-25-36-14-15-37(26-71)74(36)39-30-83-31-39)45(75)28-72(70-50(77)48(68-52(79)81-6)54(3,4)56(62,63)64)27-40-41(57)22-35(23-42(40)58)43-17-19-73(69-43)38-18-20-82-29-38/h7-8,10-11,13,16-17,19,22-24,36-39,44-45,47-48,75H,14-15,18,20-21,25-31H2,1-6H3,(H,66,76)(H,67,78)(H,68,79)(H,70,77)/t36?,37?,38-,44+,45+,47-,48-/m1/s1. The third-order valence-electron chi connectivity index (χ3n) is 15.9. The highest BCUT2D eigenvalue weighted by Crippen LogP contribution is 2.42. The number of alkyl carbamates (subject to hydrolysis) is 2. The number of nitrogens with one attached hydrogen (secondary N) is 4. The number of amides is 4. The summed E-state index contributed by atoms with van der Waals surface area (Å²) in [7, 11) is 1.67. The van der Waals surface area contributed by atoms with Crippen molar-refractivity contribution < 1.29 is 78.4 Å². The number of carbonyl (C=O) groups is 4. The predicted octanol–water partition coefficient (Wildman–Crippen LogP) is 6.18. The number of ether oxygens (including phenoxy) is 4. The number of piperazine rings is 1. The highest BCUT2D eigenvalue weighted by Gasteiger charge is 2.57. The molecule has 5 N–H and O–H groups in total. The van der Waals surface area contributed by atoms with Crippen LogP contribution in [0, 0.1) is 34.3 Å². The van der Waals surface area contributed by atoms with E-state index in [-0.39, 0.29) is 17.3 Å². The van der Waals surface area contributed by atoms with E-state index in [1.807, 2.05) is 22.8 Å². The summed E-state index contributed by atoms with van der Waals surface area (Å²) in [5.41, 5.74) is -3.20. The summed E-state index contributed by atoms with van der Waals surface area (Å²) in [4.78, 5) is 62.8. The largest absolute Gasteiger partial charge is 0.453 e. The summed E-state index contributed by atoms with van der Waals surface area (Å²) in [5, 5.41) is 23.3. The Bertz CT molecular complexity index is 2980. The van der Waals surface area contributed by atoms with Crippen molar-refractivity contribution in [2.75, 3.05) is 65.2 Å². The lowest BCUT2D eigenvalue weighted by Gasteiger charge is -2.47. The van der Waals surface area contributed by atoms with Crippen LogP contribution in [-0.2, 0) is 41.5 Å². The molecule has 4 saturated heterocycles. The van der Waals surface area contributed by atoms with Crippen molar-refractivity contribution >= 4 is 29.8 Å². The number of hydrazine groups is 1. The average Bonchev–Trinajstić information content (AvgIpc) is 4.08. The van der Waals surface area contributed by atoms with Gasteiger partial charge in [0.05, 0.1) is 74.8 Å². The molecule has 4 aliphatic rings. The zero-order chi connectivity index (χ0) is 60.2.